The normalized spacial score (nSPS) is 21.9. The molecule has 122 valence electrons. The average Bonchev–Trinajstić information content (AvgIpc) is 2.84. The van der Waals surface area contributed by atoms with Crippen LogP contribution in [0.25, 0.3) is 5.65 Å². The van der Waals surface area contributed by atoms with Gasteiger partial charge in [-0.15, -0.1) is 10.2 Å². The first-order chi connectivity index (χ1) is 10.9. The van der Waals surface area contributed by atoms with Crippen LogP contribution in [-0.4, -0.2) is 27.0 Å². The molecule has 2 heterocycles. The van der Waals surface area contributed by atoms with Crippen molar-refractivity contribution in [1.82, 2.24) is 19.9 Å². The van der Waals surface area contributed by atoms with Crippen molar-refractivity contribution >= 4 is 11.6 Å². The molecule has 0 unspecified atom stereocenters. The molecule has 0 spiro atoms. The Kier molecular flexibility index (Phi) is 3.96. The van der Waals surface area contributed by atoms with Crippen LogP contribution in [0.3, 0.4) is 0 Å². The zero-order valence-corrected chi connectivity index (χ0v) is 14.2. The van der Waals surface area contributed by atoms with Gasteiger partial charge in [-0.1, -0.05) is 31.6 Å². The predicted octanol–water partition coefficient (Wildman–Crippen LogP) is 2.63. The lowest BCUT2D eigenvalue weighted by Crippen LogP contribution is -2.29. The lowest BCUT2D eigenvalue weighted by atomic mass is 10.1. The van der Waals surface area contributed by atoms with E-state index in [-0.39, 0.29) is 17.2 Å². The Morgan fingerprint density at radius 1 is 1.35 bits per heavy atom. The summed E-state index contributed by atoms with van der Waals surface area (Å²) in [4.78, 5) is 12.4. The molecule has 1 fully saturated rings. The van der Waals surface area contributed by atoms with Crippen LogP contribution in [0.15, 0.2) is 36.0 Å². The Labute approximate surface area is 136 Å². The number of carbonyl (C=O) groups is 1. The Morgan fingerprint density at radius 2 is 2.13 bits per heavy atom. The fourth-order valence-corrected chi connectivity index (χ4v) is 3.32. The second kappa shape index (κ2) is 5.80. The van der Waals surface area contributed by atoms with Crippen molar-refractivity contribution in [2.75, 3.05) is 6.54 Å². The summed E-state index contributed by atoms with van der Waals surface area (Å²) in [5.41, 5.74) is 2.16. The van der Waals surface area contributed by atoms with E-state index in [0.717, 1.165) is 11.5 Å². The van der Waals surface area contributed by atoms with Crippen molar-refractivity contribution in [1.29, 1.82) is 0 Å². The molecule has 0 bridgehead atoms. The Hall–Kier alpha value is -2.17. The fraction of sp³-hybridized carbons (Fsp3) is 0.500. The number of hydrogen-bond acceptors (Lipinski definition) is 3. The third kappa shape index (κ3) is 3.00. The van der Waals surface area contributed by atoms with E-state index < -0.39 is 0 Å². The van der Waals surface area contributed by atoms with Crippen LogP contribution in [0.1, 0.15) is 33.5 Å². The lowest BCUT2D eigenvalue weighted by molar-refractivity contribution is -0.123. The highest BCUT2D eigenvalue weighted by molar-refractivity contribution is 5.83. The molecule has 5 nitrogen and oxygen atoms in total. The van der Waals surface area contributed by atoms with Gasteiger partial charge in [0.2, 0.25) is 5.91 Å². The maximum atomic E-state index is 12.4. The van der Waals surface area contributed by atoms with Crippen molar-refractivity contribution in [3.8, 4) is 0 Å². The fourth-order valence-electron chi connectivity index (χ4n) is 3.32. The summed E-state index contributed by atoms with van der Waals surface area (Å²) < 4.78 is 1.96. The van der Waals surface area contributed by atoms with Crippen LogP contribution in [-0.2, 0) is 11.2 Å². The van der Waals surface area contributed by atoms with Crippen LogP contribution < -0.4 is 5.32 Å². The molecule has 0 radical (unpaired) electrons. The van der Waals surface area contributed by atoms with E-state index in [1.54, 1.807) is 0 Å². The quantitative estimate of drug-likeness (QED) is 0.863. The van der Waals surface area contributed by atoms with Crippen LogP contribution in [0, 0.1) is 17.3 Å². The highest BCUT2D eigenvalue weighted by atomic mass is 16.2. The molecule has 0 aromatic carbocycles. The largest absolute Gasteiger partial charge is 0.355 e. The summed E-state index contributed by atoms with van der Waals surface area (Å²) in [7, 11) is 0. The number of nitrogens with zero attached hydrogens (tertiary/aromatic N) is 3. The average molecular weight is 312 g/mol. The minimum absolute atomic E-state index is 0.0584. The minimum atomic E-state index is 0.0584. The number of fused-ring (bicyclic) bond motifs is 1. The predicted molar refractivity (Wildman–Crippen MR) is 89.9 cm³/mol. The van der Waals surface area contributed by atoms with Gasteiger partial charge in [0.15, 0.2) is 5.65 Å². The maximum Gasteiger partial charge on any atom is 0.224 e. The molecule has 2 aromatic heterocycles. The molecule has 1 saturated carbocycles. The molecule has 1 N–H and O–H groups in total. The lowest BCUT2D eigenvalue weighted by Gasteiger charge is -2.05. The molecule has 2 aromatic rings. The molecular weight excluding hydrogens is 288 g/mol. The van der Waals surface area contributed by atoms with E-state index in [1.807, 2.05) is 28.8 Å². The van der Waals surface area contributed by atoms with Crippen LogP contribution in [0.4, 0.5) is 0 Å². The molecule has 23 heavy (non-hydrogen) atoms. The van der Waals surface area contributed by atoms with Gasteiger partial charge in [0.1, 0.15) is 5.82 Å². The number of amides is 1. The third-order valence-electron chi connectivity index (χ3n) is 4.74. The number of pyridine rings is 1. The summed E-state index contributed by atoms with van der Waals surface area (Å²) in [5, 5.41) is 11.4. The van der Waals surface area contributed by atoms with E-state index in [9.17, 15) is 4.79 Å². The number of carbonyl (C=O) groups excluding carboxylic acids is 1. The van der Waals surface area contributed by atoms with Gasteiger partial charge in [-0.3, -0.25) is 9.20 Å². The minimum Gasteiger partial charge on any atom is -0.355 e. The summed E-state index contributed by atoms with van der Waals surface area (Å²) in [6.45, 7) is 9.07. The van der Waals surface area contributed by atoms with Gasteiger partial charge < -0.3 is 5.32 Å². The molecule has 0 saturated heterocycles. The molecule has 1 aliphatic rings. The topological polar surface area (TPSA) is 59.3 Å². The third-order valence-corrected chi connectivity index (χ3v) is 4.74. The summed E-state index contributed by atoms with van der Waals surface area (Å²) >= 11 is 0. The van der Waals surface area contributed by atoms with Crippen LogP contribution >= 0.6 is 0 Å². The number of aromatic nitrogens is 3. The van der Waals surface area contributed by atoms with Gasteiger partial charge in [0, 0.05) is 19.2 Å². The highest BCUT2D eigenvalue weighted by Gasteiger charge is 2.60. The Morgan fingerprint density at radius 3 is 2.87 bits per heavy atom. The van der Waals surface area contributed by atoms with E-state index in [0.29, 0.717) is 18.9 Å². The molecule has 1 amide bonds. The van der Waals surface area contributed by atoms with Crippen molar-refractivity contribution in [2.24, 2.45) is 17.3 Å². The molecule has 5 heteroatoms. The molecule has 0 aliphatic heterocycles. The zero-order chi connectivity index (χ0) is 16.6. The first-order valence-electron chi connectivity index (χ1n) is 8.12. The van der Waals surface area contributed by atoms with E-state index >= 15 is 0 Å². The number of hydrogen-bond donors (Lipinski definition) is 1. The van der Waals surface area contributed by atoms with Gasteiger partial charge >= 0.3 is 0 Å². The standard InChI is InChI=1S/C18H24N4O/c1-12(2)11-13-16(18(13,3)4)17(23)19-9-8-15-21-20-14-7-5-6-10-22(14)15/h5-7,10-11,13,16H,8-9H2,1-4H3,(H,19,23)/t13-,16-/m1/s1. The monoisotopic (exact) mass is 312 g/mol. The van der Waals surface area contributed by atoms with E-state index in [2.05, 4.69) is 49.3 Å². The smallest absolute Gasteiger partial charge is 0.224 e. The molecule has 1 aliphatic carbocycles. The first kappa shape index (κ1) is 15.7. The zero-order valence-electron chi connectivity index (χ0n) is 14.2. The number of rotatable bonds is 5. The highest BCUT2D eigenvalue weighted by Crippen LogP contribution is 2.59. The van der Waals surface area contributed by atoms with Gasteiger partial charge in [0.25, 0.3) is 0 Å². The van der Waals surface area contributed by atoms with Gasteiger partial charge in [-0.25, -0.2) is 0 Å². The number of nitrogens with one attached hydrogen (secondary N) is 1. The first-order valence-corrected chi connectivity index (χ1v) is 8.12. The van der Waals surface area contributed by atoms with Crippen molar-refractivity contribution in [2.45, 2.75) is 34.1 Å². The summed E-state index contributed by atoms with van der Waals surface area (Å²) in [5.74, 6) is 1.44. The van der Waals surface area contributed by atoms with Gasteiger partial charge in [-0.2, -0.15) is 0 Å². The summed E-state index contributed by atoms with van der Waals surface area (Å²) in [6.07, 6.45) is 4.84. The number of allylic oxidation sites excluding steroid dienone is 2. The van der Waals surface area contributed by atoms with Crippen LogP contribution in [0.5, 0.6) is 0 Å². The van der Waals surface area contributed by atoms with Crippen LogP contribution in [0.2, 0.25) is 0 Å². The second-order valence-electron chi connectivity index (χ2n) is 7.15. The molecular formula is C18H24N4O. The summed E-state index contributed by atoms with van der Waals surface area (Å²) in [6, 6.07) is 5.81. The van der Waals surface area contributed by atoms with Crippen molar-refractivity contribution < 1.29 is 4.79 Å². The second-order valence-corrected chi connectivity index (χ2v) is 7.15. The molecule has 2 atom stereocenters. The Balaban J connectivity index is 1.57. The van der Waals surface area contributed by atoms with Gasteiger partial charge in [-0.05, 0) is 37.3 Å². The SMILES string of the molecule is CC(C)=C[C@@H]1[C@H](C(=O)NCCc2nnc3ccccn23)C1(C)C. The van der Waals surface area contributed by atoms with Crippen molar-refractivity contribution in [3.05, 3.63) is 41.9 Å². The molecule has 3 rings (SSSR count). The maximum absolute atomic E-state index is 12.4. The van der Waals surface area contributed by atoms with E-state index in [4.69, 9.17) is 0 Å². The Bertz CT molecular complexity index is 755. The van der Waals surface area contributed by atoms with E-state index in [1.165, 1.54) is 5.57 Å². The van der Waals surface area contributed by atoms with Crippen molar-refractivity contribution in [3.63, 3.8) is 0 Å². The van der Waals surface area contributed by atoms with Gasteiger partial charge in [0.05, 0.1) is 5.92 Å².